The second-order valence-electron chi connectivity index (χ2n) is 6.76. The lowest BCUT2D eigenvalue weighted by atomic mass is 9.86. The Bertz CT molecular complexity index is 872. The Labute approximate surface area is 157 Å². The van der Waals surface area contributed by atoms with Crippen LogP contribution in [0.2, 0.25) is 0 Å². The summed E-state index contributed by atoms with van der Waals surface area (Å²) < 4.78 is 4.86. The molecular weight excluding hydrogens is 346 g/mol. The van der Waals surface area contributed by atoms with E-state index in [-0.39, 0.29) is 0 Å². The summed E-state index contributed by atoms with van der Waals surface area (Å²) in [7, 11) is 1.20. The molecule has 1 saturated heterocycles. The molecular formula is C21H21NO5. The molecule has 1 amide bonds. The van der Waals surface area contributed by atoms with Gasteiger partial charge in [-0.15, -0.1) is 0 Å². The summed E-state index contributed by atoms with van der Waals surface area (Å²) in [5.41, 5.74) is 3.27. The second-order valence-corrected chi connectivity index (χ2v) is 6.76. The van der Waals surface area contributed by atoms with Crippen LogP contribution in [0.3, 0.4) is 0 Å². The standard InChI is InChI=1S/C21H21NO5/c1-12-4-8-14(9-5-12)18-16(21(26)27-3)17(20(24)25)19(23)22(18)15-10-6-13(2)7-11-15/h4-11,16-18H,1-3H3,(H,24,25)/t16-,17-,18+/m1/s1. The number of rotatable bonds is 4. The van der Waals surface area contributed by atoms with E-state index in [9.17, 15) is 19.5 Å². The minimum absolute atomic E-state index is 0.550. The van der Waals surface area contributed by atoms with Gasteiger partial charge in [-0.25, -0.2) is 0 Å². The molecule has 6 heteroatoms. The molecule has 3 atom stereocenters. The fourth-order valence-corrected chi connectivity index (χ4v) is 3.56. The summed E-state index contributed by atoms with van der Waals surface area (Å²) in [5, 5.41) is 9.66. The van der Waals surface area contributed by atoms with Crippen LogP contribution in [-0.2, 0) is 19.1 Å². The lowest BCUT2D eigenvalue weighted by molar-refractivity contribution is -0.156. The Morgan fingerprint density at radius 2 is 1.48 bits per heavy atom. The Morgan fingerprint density at radius 1 is 0.963 bits per heavy atom. The van der Waals surface area contributed by atoms with E-state index in [1.807, 2.05) is 50.2 Å². The number of carbonyl (C=O) groups is 3. The number of anilines is 1. The van der Waals surface area contributed by atoms with Gasteiger partial charge in [0.15, 0.2) is 5.92 Å². The molecule has 0 spiro atoms. The lowest BCUT2D eigenvalue weighted by Crippen LogP contribution is -2.32. The maximum absolute atomic E-state index is 13.1. The summed E-state index contributed by atoms with van der Waals surface area (Å²) in [6, 6.07) is 13.8. The van der Waals surface area contributed by atoms with Crippen molar-refractivity contribution in [3.8, 4) is 0 Å². The fourth-order valence-electron chi connectivity index (χ4n) is 3.56. The average molecular weight is 367 g/mol. The minimum atomic E-state index is -1.50. The van der Waals surface area contributed by atoms with Gasteiger partial charge in [-0.2, -0.15) is 0 Å². The highest BCUT2D eigenvalue weighted by Crippen LogP contribution is 2.45. The van der Waals surface area contributed by atoms with Crippen LogP contribution in [0.15, 0.2) is 48.5 Å². The smallest absolute Gasteiger partial charge is 0.317 e. The van der Waals surface area contributed by atoms with Crippen molar-refractivity contribution in [3.63, 3.8) is 0 Å². The van der Waals surface area contributed by atoms with E-state index in [4.69, 9.17) is 4.74 Å². The maximum atomic E-state index is 13.1. The molecule has 6 nitrogen and oxygen atoms in total. The van der Waals surface area contributed by atoms with Gasteiger partial charge in [0.2, 0.25) is 5.91 Å². The van der Waals surface area contributed by atoms with E-state index in [0.717, 1.165) is 11.1 Å². The highest BCUT2D eigenvalue weighted by molar-refractivity contribution is 6.12. The van der Waals surface area contributed by atoms with Gasteiger partial charge in [-0.1, -0.05) is 47.5 Å². The maximum Gasteiger partial charge on any atom is 0.317 e. The van der Waals surface area contributed by atoms with Crippen molar-refractivity contribution >= 4 is 23.5 Å². The molecule has 2 aromatic carbocycles. The van der Waals surface area contributed by atoms with Crippen LogP contribution in [-0.4, -0.2) is 30.1 Å². The summed E-state index contributed by atoms with van der Waals surface area (Å²) >= 11 is 0. The number of esters is 1. The third-order valence-electron chi connectivity index (χ3n) is 4.95. The van der Waals surface area contributed by atoms with E-state index >= 15 is 0 Å². The Morgan fingerprint density at radius 3 is 1.96 bits per heavy atom. The van der Waals surface area contributed by atoms with Crippen LogP contribution in [0.5, 0.6) is 0 Å². The van der Waals surface area contributed by atoms with Gasteiger partial charge in [-0.3, -0.25) is 14.4 Å². The Balaban J connectivity index is 2.19. The quantitative estimate of drug-likeness (QED) is 0.664. The van der Waals surface area contributed by atoms with Crippen LogP contribution in [0.1, 0.15) is 22.7 Å². The van der Waals surface area contributed by atoms with Gasteiger partial charge < -0.3 is 14.7 Å². The van der Waals surface area contributed by atoms with E-state index in [2.05, 4.69) is 0 Å². The lowest BCUT2D eigenvalue weighted by Gasteiger charge is -2.28. The topological polar surface area (TPSA) is 83.9 Å². The molecule has 0 bridgehead atoms. The third-order valence-corrected chi connectivity index (χ3v) is 4.95. The number of carboxylic acid groups (broad SMARTS) is 1. The highest BCUT2D eigenvalue weighted by Gasteiger charge is 2.56. The number of methoxy groups -OCH3 is 1. The molecule has 3 rings (SSSR count). The third kappa shape index (κ3) is 3.30. The van der Waals surface area contributed by atoms with Crippen molar-refractivity contribution in [2.45, 2.75) is 19.9 Å². The zero-order valence-electron chi connectivity index (χ0n) is 15.4. The molecule has 0 aliphatic carbocycles. The number of carboxylic acids is 1. The van der Waals surface area contributed by atoms with Crippen molar-refractivity contribution in [2.24, 2.45) is 11.8 Å². The number of ether oxygens (including phenoxy) is 1. The van der Waals surface area contributed by atoms with E-state index < -0.39 is 35.7 Å². The molecule has 1 heterocycles. The van der Waals surface area contributed by atoms with Crippen LogP contribution in [0.25, 0.3) is 0 Å². The fraction of sp³-hybridized carbons (Fsp3) is 0.286. The van der Waals surface area contributed by atoms with Crippen LogP contribution in [0.4, 0.5) is 5.69 Å². The second kappa shape index (κ2) is 7.23. The molecule has 1 fully saturated rings. The predicted molar refractivity (Wildman–Crippen MR) is 99.2 cm³/mol. The zero-order chi connectivity index (χ0) is 19.7. The van der Waals surface area contributed by atoms with E-state index in [0.29, 0.717) is 11.3 Å². The van der Waals surface area contributed by atoms with E-state index in [1.54, 1.807) is 12.1 Å². The molecule has 1 aliphatic heterocycles. The average Bonchev–Trinajstić information content (AvgIpc) is 2.95. The number of nitrogens with zero attached hydrogens (tertiary/aromatic N) is 1. The molecule has 0 saturated carbocycles. The zero-order valence-corrected chi connectivity index (χ0v) is 15.4. The number of carbonyl (C=O) groups excluding carboxylic acids is 2. The van der Waals surface area contributed by atoms with E-state index in [1.165, 1.54) is 12.0 Å². The number of aliphatic carboxylic acids is 1. The first-order chi connectivity index (χ1) is 12.8. The largest absolute Gasteiger partial charge is 0.481 e. The molecule has 2 aromatic rings. The van der Waals surface area contributed by atoms with Crippen LogP contribution >= 0.6 is 0 Å². The van der Waals surface area contributed by atoms with Gasteiger partial charge in [-0.05, 0) is 31.5 Å². The Kier molecular flexibility index (Phi) is 4.99. The van der Waals surface area contributed by atoms with Gasteiger partial charge in [0.05, 0.1) is 13.2 Å². The first-order valence-corrected chi connectivity index (χ1v) is 8.62. The summed E-state index contributed by atoms with van der Waals surface area (Å²) in [4.78, 5) is 38.8. The minimum Gasteiger partial charge on any atom is -0.481 e. The predicted octanol–water partition coefficient (Wildman–Crippen LogP) is 2.88. The number of amides is 1. The van der Waals surface area contributed by atoms with Crippen molar-refractivity contribution in [3.05, 3.63) is 65.2 Å². The van der Waals surface area contributed by atoms with Crippen molar-refractivity contribution in [1.29, 1.82) is 0 Å². The molecule has 140 valence electrons. The number of benzene rings is 2. The van der Waals surface area contributed by atoms with Gasteiger partial charge >= 0.3 is 11.9 Å². The normalized spacial score (nSPS) is 22.0. The summed E-state index contributed by atoms with van der Waals surface area (Å²) in [6.45, 7) is 3.85. The first kappa shape index (κ1) is 18.6. The number of hydrogen-bond acceptors (Lipinski definition) is 4. The van der Waals surface area contributed by atoms with Gasteiger partial charge in [0, 0.05) is 5.69 Å². The van der Waals surface area contributed by atoms with Crippen molar-refractivity contribution < 1.29 is 24.2 Å². The summed E-state index contributed by atoms with van der Waals surface area (Å²) in [5.74, 6) is -5.29. The summed E-state index contributed by atoms with van der Waals surface area (Å²) in [6.07, 6.45) is 0. The Hall–Kier alpha value is -3.15. The molecule has 27 heavy (non-hydrogen) atoms. The molecule has 0 unspecified atom stereocenters. The molecule has 0 aromatic heterocycles. The molecule has 0 radical (unpaired) electrons. The van der Waals surface area contributed by atoms with Crippen molar-refractivity contribution in [1.82, 2.24) is 0 Å². The highest BCUT2D eigenvalue weighted by atomic mass is 16.5. The monoisotopic (exact) mass is 367 g/mol. The number of hydrogen-bond donors (Lipinski definition) is 1. The van der Waals surface area contributed by atoms with Crippen LogP contribution in [0, 0.1) is 25.7 Å². The van der Waals surface area contributed by atoms with Crippen molar-refractivity contribution in [2.75, 3.05) is 12.0 Å². The molecule has 1 N–H and O–H groups in total. The first-order valence-electron chi connectivity index (χ1n) is 8.62. The SMILES string of the molecule is COC(=O)[C@@H]1[C@@H](C(=O)O)C(=O)N(c2ccc(C)cc2)[C@H]1c1ccc(C)cc1. The van der Waals surface area contributed by atoms with Crippen LogP contribution < -0.4 is 4.90 Å². The molecule has 1 aliphatic rings. The van der Waals surface area contributed by atoms with Gasteiger partial charge in [0.1, 0.15) is 5.92 Å². The van der Waals surface area contributed by atoms with Gasteiger partial charge in [0.25, 0.3) is 0 Å². The number of aryl methyl sites for hydroxylation is 2.